The zero-order valence-electron chi connectivity index (χ0n) is 13.4. The Balaban J connectivity index is 1.92. The third-order valence-corrected chi connectivity index (χ3v) is 5.47. The lowest BCUT2D eigenvalue weighted by molar-refractivity contribution is -0.120. The molecule has 1 aromatic rings. The van der Waals surface area contributed by atoms with E-state index in [0.717, 1.165) is 29.5 Å². The van der Waals surface area contributed by atoms with Gasteiger partial charge in [0.1, 0.15) is 0 Å². The Kier molecular flexibility index (Phi) is 5.24. The number of hydrogen-bond acceptors (Lipinski definition) is 3. The summed E-state index contributed by atoms with van der Waals surface area (Å²) in [6.45, 7) is 4.93. The predicted molar refractivity (Wildman–Crippen MR) is 87.2 cm³/mol. The third-order valence-electron chi connectivity index (χ3n) is 4.14. The minimum atomic E-state index is -3.19. The van der Waals surface area contributed by atoms with Crippen LogP contribution in [0.1, 0.15) is 29.5 Å². The molecule has 1 fully saturated rings. The van der Waals surface area contributed by atoms with Gasteiger partial charge in [0.05, 0.1) is 12.7 Å². The van der Waals surface area contributed by atoms with Crippen LogP contribution in [-0.2, 0) is 21.2 Å². The van der Waals surface area contributed by atoms with Gasteiger partial charge in [-0.1, -0.05) is 23.8 Å². The molecule has 0 bridgehead atoms. The van der Waals surface area contributed by atoms with Gasteiger partial charge in [0.2, 0.25) is 15.9 Å². The first-order chi connectivity index (χ1) is 10.3. The lowest BCUT2D eigenvalue weighted by atomic mass is 10.0. The van der Waals surface area contributed by atoms with Gasteiger partial charge < -0.3 is 5.32 Å². The minimum absolute atomic E-state index is 0.0611. The van der Waals surface area contributed by atoms with Gasteiger partial charge in [-0.15, -0.1) is 0 Å². The summed E-state index contributed by atoms with van der Waals surface area (Å²) in [6.07, 6.45) is 3.21. The number of nitrogens with zero attached hydrogens (tertiary/aromatic N) is 1. The van der Waals surface area contributed by atoms with E-state index in [-0.39, 0.29) is 11.9 Å². The van der Waals surface area contributed by atoms with Crippen molar-refractivity contribution in [2.45, 2.75) is 39.2 Å². The van der Waals surface area contributed by atoms with Crippen molar-refractivity contribution in [2.24, 2.45) is 0 Å². The molecular weight excluding hydrogens is 300 g/mol. The van der Waals surface area contributed by atoms with Crippen LogP contribution in [0.4, 0.5) is 0 Å². The van der Waals surface area contributed by atoms with E-state index in [0.29, 0.717) is 19.5 Å². The van der Waals surface area contributed by atoms with Crippen molar-refractivity contribution in [3.8, 4) is 0 Å². The lowest BCUT2D eigenvalue weighted by Gasteiger charge is -2.22. The Hall–Kier alpha value is -1.40. The molecule has 1 atom stereocenters. The van der Waals surface area contributed by atoms with Crippen LogP contribution in [-0.4, -0.2) is 44.0 Å². The van der Waals surface area contributed by atoms with Crippen LogP contribution in [0.25, 0.3) is 0 Å². The highest BCUT2D eigenvalue weighted by molar-refractivity contribution is 7.88. The standard InChI is InChI=1S/C16H24N2O3S/c1-12-6-7-13(2)14(9-12)10-16(19)17-11-15-5-4-8-18(15)22(3,20)21/h6-7,9,15H,4-5,8,10-11H2,1-3H3,(H,17,19)/t15-/m1/s1. The van der Waals surface area contributed by atoms with E-state index in [2.05, 4.69) is 5.32 Å². The van der Waals surface area contributed by atoms with Gasteiger partial charge in [-0.05, 0) is 37.8 Å². The molecule has 0 spiro atoms. The molecule has 1 saturated heterocycles. The molecule has 6 heteroatoms. The summed E-state index contributed by atoms with van der Waals surface area (Å²) in [7, 11) is -3.19. The fraction of sp³-hybridized carbons (Fsp3) is 0.562. The molecule has 1 heterocycles. The molecule has 1 aromatic carbocycles. The van der Waals surface area contributed by atoms with E-state index in [1.54, 1.807) is 0 Å². The summed E-state index contributed by atoms with van der Waals surface area (Å²) >= 11 is 0. The van der Waals surface area contributed by atoms with E-state index >= 15 is 0 Å². The maximum absolute atomic E-state index is 12.1. The topological polar surface area (TPSA) is 66.5 Å². The number of hydrogen-bond donors (Lipinski definition) is 1. The van der Waals surface area contributed by atoms with Crippen molar-refractivity contribution < 1.29 is 13.2 Å². The fourth-order valence-electron chi connectivity index (χ4n) is 2.91. The van der Waals surface area contributed by atoms with E-state index < -0.39 is 10.0 Å². The largest absolute Gasteiger partial charge is 0.354 e. The van der Waals surface area contributed by atoms with Crippen molar-refractivity contribution in [2.75, 3.05) is 19.3 Å². The number of aryl methyl sites for hydroxylation is 2. The van der Waals surface area contributed by atoms with Crippen molar-refractivity contribution in [1.82, 2.24) is 9.62 Å². The molecule has 0 aliphatic carbocycles. The third kappa shape index (κ3) is 4.30. The summed E-state index contributed by atoms with van der Waals surface area (Å²) in [5, 5.41) is 2.88. The molecule has 1 aliphatic heterocycles. The lowest BCUT2D eigenvalue weighted by Crippen LogP contribution is -2.43. The molecule has 0 saturated carbocycles. The Morgan fingerprint density at radius 3 is 2.77 bits per heavy atom. The number of sulfonamides is 1. The fourth-order valence-corrected chi connectivity index (χ4v) is 4.09. The summed E-state index contributed by atoms with van der Waals surface area (Å²) < 4.78 is 24.8. The Labute approximate surface area is 132 Å². The normalized spacial score (nSPS) is 19.3. The molecule has 122 valence electrons. The summed E-state index contributed by atoms with van der Waals surface area (Å²) in [5.74, 6) is -0.0611. The number of amides is 1. The number of nitrogens with one attached hydrogen (secondary N) is 1. The summed E-state index contributed by atoms with van der Waals surface area (Å²) in [4.78, 5) is 12.1. The molecule has 1 aliphatic rings. The Morgan fingerprint density at radius 2 is 2.09 bits per heavy atom. The van der Waals surface area contributed by atoms with Crippen LogP contribution < -0.4 is 5.32 Å². The second-order valence-corrected chi connectivity index (χ2v) is 8.02. The van der Waals surface area contributed by atoms with Gasteiger partial charge in [0, 0.05) is 19.1 Å². The van der Waals surface area contributed by atoms with E-state index in [1.807, 2.05) is 32.0 Å². The van der Waals surface area contributed by atoms with Gasteiger partial charge in [0.25, 0.3) is 0 Å². The smallest absolute Gasteiger partial charge is 0.224 e. The highest BCUT2D eigenvalue weighted by atomic mass is 32.2. The zero-order valence-corrected chi connectivity index (χ0v) is 14.2. The molecule has 1 amide bonds. The molecule has 22 heavy (non-hydrogen) atoms. The number of rotatable bonds is 5. The first-order valence-electron chi connectivity index (χ1n) is 7.57. The van der Waals surface area contributed by atoms with Crippen LogP contribution in [0, 0.1) is 13.8 Å². The number of carbonyl (C=O) groups excluding carboxylic acids is 1. The van der Waals surface area contributed by atoms with E-state index in [1.165, 1.54) is 10.6 Å². The SMILES string of the molecule is Cc1ccc(C)c(CC(=O)NC[C@H]2CCCN2S(C)(=O)=O)c1. The quantitative estimate of drug-likeness (QED) is 0.890. The molecule has 5 nitrogen and oxygen atoms in total. The van der Waals surface area contributed by atoms with E-state index in [4.69, 9.17) is 0 Å². The second kappa shape index (κ2) is 6.79. The van der Waals surface area contributed by atoms with Crippen molar-refractivity contribution >= 4 is 15.9 Å². The summed E-state index contributed by atoms with van der Waals surface area (Å²) in [6, 6.07) is 5.95. The van der Waals surface area contributed by atoms with Crippen LogP contribution in [0.5, 0.6) is 0 Å². The number of benzene rings is 1. The molecular formula is C16H24N2O3S. The molecule has 0 aromatic heterocycles. The van der Waals surface area contributed by atoms with Gasteiger partial charge >= 0.3 is 0 Å². The van der Waals surface area contributed by atoms with Crippen molar-refractivity contribution in [3.63, 3.8) is 0 Å². The highest BCUT2D eigenvalue weighted by Gasteiger charge is 2.31. The van der Waals surface area contributed by atoms with Gasteiger partial charge in [-0.25, -0.2) is 8.42 Å². The van der Waals surface area contributed by atoms with Gasteiger partial charge in [-0.2, -0.15) is 4.31 Å². The predicted octanol–water partition coefficient (Wildman–Crippen LogP) is 1.39. The first-order valence-corrected chi connectivity index (χ1v) is 9.42. The van der Waals surface area contributed by atoms with E-state index in [9.17, 15) is 13.2 Å². The number of carbonyl (C=O) groups is 1. The maximum atomic E-state index is 12.1. The monoisotopic (exact) mass is 324 g/mol. The maximum Gasteiger partial charge on any atom is 0.224 e. The Morgan fingerprint density at radius 1 is 1.36 bits per heavy atom. The average molecular weight is 324 g/mol. The van der Waals surface area contributed by atoms with Gasteiger partial charge in [-0.3, -0.25) is 4.79 Å². The van der Waals surface area contributed by atoms with Crippen LogP contribution in [0.2, 0.25) is 0 Å². The summed E-state index contributed by atoms with van der Waals surface area (Å²) in [5.41, 5.74) is 3.25. The second-order valence-electron chi connectivity index (χ2n) is 6.08. The van der Waals surface area contributed by atoms with Crippen LogP contribution in [0.15, 0.2) is 18.2 Å². The Bertz CT molecular complexity index is 655. The molecule has 0 unspecified atom stereocenters. The zero-order chi connectivity index (χ0) is 16.3. The minimum Gasteiger partial charge on any atom is -0.354 e. The molecule has 0 radical (unpaired) electrons. The van der Waals surface area contributed by atoms with Gasteiger partial charge in [0.15, 0.2) is 0 Å². The highest BCUT2D eigenvalue weighted by Crippen LogP contribution is 2.19. The van der Waals surface area contributed by atoms with Crippen LogP contribution in [0.3, 0.4) is 0 Å². The molecule has 1 N–H and O–H groups in total. The van der Waals surface area contributed by atoms with Crippen molar-refractivity contribution in [1.29, 1.82) is 0 Å². The average Bonchev–Trinajstić information content (AvgIpc) is 2.89. The molecule has 2 rings (SSSR count). The van der Waals surface area contributed by atoms with Crippen molar-refractivity contribution in [3.05, 3.63) is 34.9 Å². The first kappa shape index (κ1) is 17.0. The van der Waals surface area contributed by atoms with Crippen LogP contribution >= 0.6 is 0 Å².